The van der Waals surface area contributed by atoms with E-state index in [2.05, 4.69) is 10.8 Å². The van der Waals surface area contributed by atoms with Crippen LogP contribution in [0.15, 0.2) is 121 Å². The van der Waals surface area contributed by atoms with Crippen LogP contribution in [0.1, 0.15) is 22.3 Å². The van der Waals surface area contributed by atoms with Crippen LogP contribution < -0.4 is 10.8 Å². The molecule has 4 amide bonds. The molecule has 4 aromatic rings. The molecule has 9 nitrogen and oxygen atoms in total. The first-order valence-electron chi connectivity index (χ1n) is 14.4. The number of benzene rings is 4. The summed E-state index contributed by atoms with van der Waals surface area (Å²) in [6, 6.07) is 37.4. The molecule has 5 rings (SSSR count). The van der Waals surface area contributed by atoms with E-state index in [-0.39, 0.29) is 24.5 Å². The highest BCUT2D eigenvalue weighted by Crippen LogP contribution is 2.21. The van der Waals surface area contributed by atoms with Gasteiger partial charge in [0.15, 0.2) is 0 Å². The quantitative estimate of drug-likeness (QED) is 0.182. The van der Waals surface area contributed by atoms with Crippen LogP contribution in [-0.2, 0) is 45.3 Å². The number of hydrogen-bond donors (Lipinski definition) is 2. The Morgan fingerprint density at radius 2 is 1.20 bits per heavy atom. The molecule has 228 valence electrons. The van der Waals surface area contributed by atoms with Crippen molar-refractivity contribution in [2.24, 2.45) is 0 Å². The van der Waals surface area contributed by atoms with Crippen molar-refractivity contribution in [1.29, 1.82) is 0 Å². The zero-order valence-corrected chi connectivity index (χ0v) is 25.0. The first-order valence-corrected chi connectivity index (χ1v) is 14.4. The molecular formula is C35H38N4O5. The van der Waals surface area contributed by atoms with E-state index in [1.165, 1.54) is 4.90 Å². The number of hydrogen-bond acceptors (Lipinski definition) is 6. The summed E-state index contributed by atoms with van der Waals surface area (Å²) in [7, 11) is 3.39. The number of imide groups is 1. The second-order valence-electron chi connectivity index (χ2n) is 10.3. The fourth-order valence-electron chi connectivity index (χ4n) is 4.58. The van der Waals surface area contributed by atoms with Crippen LogP contribution in [0.25, 0.3) is 0 Å². The minimum absolute atomic E-state index is 0.169. The molecular weight excluding hydrogens is 556 g/mol. The summed E-state index contributed by atoms with van der Waals surface area (Å²) in [6.07, 6.45) is 1.10. The van der Waals surface area contributed by atoms with Gasteiger partial charge in [-0.1, -0.05) is 121 Å². The first kappa shape index (κ1) is 32.1. The largest absolute Gasteiger partial charge is 0.351 e. The molecule has 2 N–H and O–H groups in total. The van der Waals surface area contributed by atoms with Gasteiger partial charge in [-0.05, 0) is 35.7 Å². The summed E-state index contributed by atoms with van der Waals surface area (Å²) in [5.74, 6) is -0.491. The van der Waals surface area contributed by atoms with E-state index in [0.717, 1.165) is 27.3 Å². The number of nitrogens with zero attached hydrogens (tertiary/aromatic N) is 2. The third-order valence-corrected chi connectivity index (χ3v) is 7.11. The van der Waals surface area contributed by atoms with Crippen molar-refractivity contribution in [2.75, 3.05) is 14.1 Å². The number of carbonyl (C=O) groups excluding carboxylic acids is 3. The molecule has 1 aliphatic rings. The Labute approximate surface area is 258 Å². The van der Waals surface area contributed by atoms with Gasteiger partial charge < -0.3 is 10.2 Å². The van der Waals surface area contributed by atoms with Gasteiger partial charge in [0, 0.05) is 13.5 Å². The zero-order chi connectivity index (χ0) is 31.1. The predicted molar refractivity (Wildman–Crippen MR) is 168 cm³/mol. The molecule has 1 saturated heterocycles. The maximum atomic E-state index is 12.5. The van der Waals surface area contributed by atoms with Gasteiger partial charge in [0.25, 0.3) is 11.8 Å². The highest BCUT2D eigenvalue weighted by molar-refractivity contribution is 6.03. The van der Waals surface area contributed by atoms with Crippen LogP contribution in [-0.4, -0.2) is 54.0 Å². The van der Waals surface area contributed by atoms with Gasteiger partial charge in [0.1, 0.15) is 12.6 Å². The van der Waals surface area contributed by atoms with Crippen LogP contribution in [0, 0.1) is 0 Å². The number of hydroxylamine groups is 3. The Bertz CT molecular complexity index is 1460. The lowest BCUT2D eigenvalue weighted by Gasteiger charge is -2.16. The van der Waals surface area contributed by atoms with Gasteiger partial charge in [-0.2, -0.15) is 0 Å². The molecule has 44 heavy (non-hydrogen) atoms. The average Bonchev–Trinajstić information content (AvgIpc) is 3.27. The molecule has 1 fully saturated rings. The van der Waals surface area contributed by atoms with E-state index in [4.69, 9.17) is 9.68 Å². The van der Waals surface area contributed by atoms with Gasteiger partial charge in [-0.3, -0.25) is 19.3 Å². The van der Waals surface area contributed by atoms with Crippen LogP contribution in [0.3, 0.4) is 0 Å². The maximum absolute atomic E-state index is 12.5. The average molecular weight is 595 g/mol. The van der Waals surface area contributed by atoms with Crippen LogP contribution >= 0.6 is 0 Å². The Balaban J connectivity index is 0.000000202. The highest BCUT2D eigenvalue weighted by Gasteiger charge is 2.44. The Morgan fingerprint density at radius 3 is 1.73 bits per heavy atom. The van der Waals surface area contributed by atoms with Gasteiger partial charge in [0.05, 0.1) is 12.6 Å². The van der Waals surface area contributed by atoms with Gasteiger partial charge in [-0.15, -0.1) is 5.06 Å². The summed E-state index contributed by atoms with van der Waals surface area (Å²) in [6.45, 7) is 0.540. The van der Waals surface area contributed by atoms with Crippen molar-refractivity contribution in [1.82, 2.24) is 20.8 Å². The number of carbonyl (C=O) groups is 3. The Morgan fingerprint density at radius 1 is 0.727 bits per heavy atom. The Hall–Kier alpha value is -4.83. The van der Waals surface area contributed by atoms with Crippen molar-refractivity contribution < 1.29 is 24.1 Å². The van der Waals surface area contributed by atoms with Gasteiger partial charge in [-0.25, -0.2) is 10.3 Å². The standard InChI is InChI=1S/C18H18N2O3.C17H20N2O2/c1-19-16(12-14-8-4-2-5-9-14)17(21)20(18(19)22)23-13-15-10-6-3-7-11-15;1-18-16(12-14-8-4-2-5-9-14)17(20)19-21-13-15-10-6-3-7-11-15/h2-11,16H,12-13H2,1H3;2-11,16,18H,12-13H2,1H3,(H,19,20)/t2*16-/m00/s1. The predicted octanol–water partition coefficient (Wildman–Crippen LogP) is 4.69. The molecule has 0 aromatic heterocycles. The lowest BCUT2D eigenvalue weighted by atomic mass is 10.1. The van der Waals surface area contributed by atoms with Crippen molar-refractivity contribution in [3.63, 3.8) is 0 Å². The summed E-state index contributed by atoms with van der Waals surface area (Å²) < 4.78 is 0. The summed E-state index contributed by atoms with van der Waals surface area (Å²) in [4.78, 5) is 48.9. The lowest BCUT2D eigenvalue weighted by Crippen LogP contribution is -2.43. The zero-order valence-electron chi connectivity index (χ0n) is 25.0. The smallest absolute Gasteiger partial charge is 0.313 e. The Kier molecular flexibility index (Phi) is 12.2. The molecule has 1 aliphatic heterocycles. The third kappa shape index (κ3) is 9.34. The highest BCUT2D eigenvalue weighted by atomic mass is 16.7. The normalized spacial score (nSPS) is 15.0. The number of likely N-dealkylation sites (N-methyl/N-ethyl adjacent to an activating group) is 2. The molecule has 9 heteroatoms. The fraction of sp³-hybridized carbons (Fsp3) is 0.229. The van der Waals surface area contributed by atoms with E-state index in [1.54, 1.807) is 14.1 Å². The molecule has 4 aromatic carbocycles. The summed E-state index contributed by atoms with van der Waals surface area (Å²) >= 11 is 0. The van der Waals surface area contributed by atoms with Crippen molar-refractivity contribution >= 4 is 17.8 Å². The monoisotopic (exact) mass is 594 g/mol. The maximum Gasteiger partial charge on any atom is 0.351 e. The van der Waals surface area contributed by atoms with Gasteiger partial charge >= 0.3 is 6.03 Å². The fourth-order valence-corrected chi connectivity index (χ4v) is 4.58. The molecule has 1 heterocycles. The van der Waals surface area contributed by atoms with E-state index in [0.29, 0.717) is 19.4 Å². The van der Waals surface area contributed by atoms with Crippen molar-refractivity contribution in [3.05, 3.63) is 144 Å². The number of amides is 4. The second kappa shape index (κ2) is 16.7. The SMILES string of the molecule is CN1C(=O)N(OCc2ccccc2)C(=O)[C@@H]1Cc1ccccc1.CN[C@@H](Cc1ccccc1)C(=O)NOCc1ccccc1. The number of nitrogens with one attached hydrogen (secondary N) is 2. The van der Waals surface area contributed by atoms with Crippen LogP contribution in [0.2, 0.25) is 0 Å². The van der Waals surface area contributed by atoms with E-state index in [9.17, 15) is 14.4 Å². The van der Waals surface area contributed by atoms with Crippen molar-refractivity contribution in [3.8, 4) is 0 Å². The minimum Gasteiger partial charge on any atom is -0.313 e. The van der Waals surface area contributed by atoms with E-state index < -0.39 is 12.1 Å². The van der Waals surface area contributed by atoms with Gasteiger partial charge in [0.2, 0.25) is 0 Å². The first-order chi connectivity index (χ1) is 21.5. The van der Waals surface area contributed by atoms with Crippen LogP contribution in [0.5, 0.6) is 0 Å². The van der Waals surface area contributed by atoms with Crippen molar-refractivity contribution in [2.45, 2.75) is 38.1 Å². The topological polar surface area (TPSA) is 100 Å². The summed E-state index contributed by atoms with van der Waals surface area (Å²) in [5.41, 5.74) is 6.54. The van der Waals surface area contributed by atoms with E-state index >= 15 is 0 Å². The molecule has 0 radical (unpaired) electrons. The number of rotatable bonds is 12. The molecule has 0 bridgehead atoms. The van der Waals surface area contributed by atoms with Crippen LogP contribution in [0.4, 0.5) is 4.79 Å². The van der Waals surface area contributed by atoms with E-state index in [1.807, 2.05) is 121 Å². The lowest BCUT2D eigenvalue weighted by molar-refractivity contribution is -0.167. The molecule has 0 unspecified atom stereocenters. The molecule has 0 aliphatic carbocycles. The number of urea groups is 1. The summed E-state index contributed by atoms with van der Waals surface area (Å²) in [5, 5.41) is 3.88. The minimum atomic E-state index is -0.527. The second-order valence-corrected chi connectivity index (χ2v) is 10.3. The third-order valence-electron chi connectivity index (χ3n) is 7.11. The molecule has 0 spiro atoms. The molecule has 0 saturated carbocycles. The molecule has 2 atom stereocenters.